The lowest BCUT2D eigenvalue weighted by molar-refractivity contribution is -0.131. The van der Waals surface area contributed by atoms with Crippen LogP contribution in [0.25, 0.3) is 0 Å². The van der Waals surface area contributed by atoms with Gasteiger partial charge in [-0.15, -0.1) is 0 Å². The van der Waals surface area contributed by atoms with Gasteiger partial charge in [0, 0.05) is 25.3 Å². The third kappa shape index (κ3) is 6.04. The summed E-state index contributed by atoms with van der Waals surface area (Å²) in [5.74, 6) is -0.844. The van der Waals surface area contributed by atoms with Gasteiger partial charge in [0.05, 0.1) is 0 Å². The highest BCUT2D eigenvalue weighted by Crippen LogP contribution is 2.01. The Balaban J connectivity index is 4.56. The van der Waals surface area contributed by atoms with E-state index in [0.29, 0.717) is 0 Å². The molecule has 0 aliphatic rings. The summed E-state index contributed by atoms with van der Waals surface area (Å²) in [7, 11) is 0. The summed E-state index contributed by atoms with van der Waals surface area (Å²) in [4.78, 5) is 34.2. The van der Waals surface area contributed by atoms with Gasteiger partial charge in [-0.2, -0.15) is 0 Å². The third-order valence-corrected chi connectivity index (χ3v) is 2.31. The van der Waals surface area contributed by atoms with Gasteiger partial charge in [0.2, 0.25) is 11.8 Å². The lowest BCUT2D eigenvalue weighted by atomic mass is 10.0. The minimum Gasteiger partial charge on any atom is -0.354 e. The van der Waals surface area contributed by atoms with Gasteiger partial charge in [0.1, 0.15) is 6.04 Å². The van der Waals surface area contributed by atoms with Gasteiger partial charge in [-0.25, -0.2) is 0 Å². The maximum Gasteiger partial charge on any atom is 0.223 e. The van der Waals surface area contributed by atoms with E-state index >= 15 is 0 Å². The fraction of sp³-hybridized carbons (Fsp3) is 0.750. The number of amides is 2. The van der Waals surface area contributed by atoms with Crippen LogP contribution in [0.15, 0.2) is 0 Å². The molecule has 0 bridgehead atoms. The van der Waals surface area contributed by atoms with Crippen LogP contribution in [0.4, 0.5) is 0 Å². The van der Waals surface area contributed by atoms with Gasteiger partial charge in [0.15, 0.2) is 5.78 Å². The molecule has 0 aromatic heterocycles. The number of hydrogen-bond donors (Lipinski definition) is 2. The fourth-order valence-electron chi connectivity index (χ4n) is 1.21. The second kappa shape index (κ2) is 7.04. The Hall–Kier alpha value is -1.39. The SMILES string of the molecule is CC(=O)NC[C@H](NC(=O)C(C)C)C(=O)C(C)C. The van der Waals surface area contributed by atoms with Crippen molar-refractivity contribution in [3.8, 4) is 0 Å². The van der Waals surface area contributed by atoms with Crippen molar-refractivity contribution in [2.45, 2.75) is 40.7 Å². The quantitative estimate of drug-likeness (QED) is 0.711. The molecule has 0 radical (unpaired) electrons. The Labute approximate surface area is 102 Å². The van der Waals surface area contributed by atoms with Crippen molar-refractivity contribution in [1.29, 1.82) is 0 Å². The number of carbonyl (C=O) groups excluding carboxylic acids is 3. The molecule has 0 fully saturated rings. The zero-order chi connectivity index (χ0) is 13.6. The molecule has 2 N–H and O–H groups in total. The van der Waals surface area contributed by atoms with Gasteiger partial charge in [-0.05, 0) is 0 Å². The smallest absolute Gasteiger partial charge is 0.223 e. The van der Waals surface area contributed by atoms with E-state index in [2.05, 4.69) is 10.6 Å². The number of Topliss-reactive ketones (excluding diaryl/α,β-unsaturated/α-hetero) is 1. The van der Waals surface area contributed by atoms with Crippen LogP contribution in [-0.2, 0) is 14.4 Å². The van der Waals surface area contributed by atoms with E-state index < -0.39 is 6.04 Å². The zero-order valence-electron chi connectivity index (χ0n) is 11.2. The number of rotatable bonds is 6. The van der Waals surface area contributed by atoms with Crippen LogP contribution in [0, 0.1) is 11.8 Å². The lowest BCUT2D eigenvalue weighted by Gasteiger charge is -2.20. The van der Waals surface area contributed by atoms with Crippen molar-refractivity contribution >= 4 is 17.6 Å². The molecule has 5 nitrogen and oxygen atoms in total. The largest absolute Gasteiger partial charge is 0.354 e. The molecule has 0 spiro atoms. The standard InChI is InChI=1S/C12H22N2O3/c1-7(2)11(16)10(6-13-9(5)15)14-12(17)8(3)4/h7-8,10H,6H2,1-5H3,(H,13,15)(H,14,17)/t10-/m0/s1. The first-order valence-corrected chi connectivity index (χ1v) is 5.84. The molecule has 5 heteroatoms. The topological polar surface area (TPSA) is 75.3 Å². The molecular weight excluding hydrogens is 220 g/mol. The maximum atomic E-state index is 11.8. The Bertz CT molecular complexity index is 298. The molecule has 0 aromatic rings. The molecule has 0 aliphatic heterocycles. The third-order valence-electron chi connectivity index (χ3n) is 2.31. The Morgan fingerprint density at radius 2 is 1.53 bits per heavy atom. The van der Waals surface area contributed by atoms with Crippen molar-refractivity contribution in [2.24, 2.45) is 11.8 Å². The van der Waals surface area contributed by atoms with Gasteiger partial charge in [-0.1, -0.05) is 27.7 Å². The molecule has 1 atom stereocenters. The van der Waals surface area contributed by atoms with E-state index in [1.54, 1.807) is 27.7 Å². The molecule has 0 aliphatic carbocycles. The molecule has 0 saturated heterocycles. The van der Waals surface area contributed by atoms with E-state index in [0.717, 1.165) is 0 Å². The fourth-order valence-corrected chi connectivity index (χ4v) is 1.21. The van der Waals surface area contributed by atoms with Crippen LogP contribution < -0.4 is 10.6 Å². The highest BCUT2D eigenvalue weighted by Gasteiger charge is 2.24. The minimum absolute atomic E-state index is 0.0762. The second-order valence-corrected chi connectivity index (χ2v) is 4.71. The van der Waals surface area contributed by atoms with Crippen molar-refractivity contribution in [3.05, 3.63) is 0 Å². The molecule has 17 heavy (non-hydrogen) atoms. The molecule has 0 rings (SSSR count). The molecule has 0 aromatic carbocycles. The summed E-state index contributed by atoms with van der Waals surface area (Å²) in [6.45, 7) is 8.57. The van der Waals surface area contributed by atoms with E-state index in [1.165, 1.54) is 6.92 Å². The van der Waals surface area contributed by atoms with Crippen molar-refractivity contribution in [1.82, 2.24) is 10.6 Å². The van der Waals surface area contributed by atoms with E-state index in [-0.39, 0.29) is 36.0 Å². The monoisotopic (exact) mass is 242 g/mol. The summed E-state index contributed by atoms with van der Waals surface area (Å²) < 4.78 is 0. The average Bonchev–Trinajstić information content (AvgIpc) is 2.22. The predicted molar refractivity (Wildman–Crippen MR) is 65.3 cm³/mol. The zero-order valence-corrected chi connectivity index (χ0v) is 11.2. The predicted octanol–water partition coefficient (Wildman–Crippen LogP) is 0.488. The van der Waals surface area contributed by atoms with Crippen LogP contribution in [0.3, 0.4) is 0 Å². The lowest BCUT2D eigenvalue weighted by Crippen LogP contribution is -2.50. The maximum absolute atomic E-state index is 11.8. The Morgan fingerprint density at radius 1 is 1.00 bits per heavy atom. The minimum atomic E-state index is -0.645. The summed E-state index contributed by atoms with van der Waals surface area (Å²) in [5, 5.41) is 5.20. The number of hydrogen-bond acceptors (Lipinski definition) is 3. The Kier molecular flexibility index (Phi) is 6.46. The van der Waals surface area contributed by atoms with Gasteiger partial charge in [0.25, 0.3) is 0 Å². The number of ketones is 1. The molecule has 0 unspecified atom stereocenters. The summed E-state index contributed by atoms with van der Waals surface area (Å²) in [6, 6.07) is -0.645. The first-order valence-electron chi connectivity index (χ1n) is 5.84. The van der Waals surface area contributed by atoms with E-state index in [1.807, 2.05) is 0 Å². The molecule has 0 heterocycles. The van der Waals surface area contributed by atoms with E-state index in [9.17, 15) is 14.4 Å². The van der Waals surface area contributed by atoms with Crippen molar-refractivity contribution in [3.63, 3.8) is 0 Å². The van der Waals surface area contributed by atoms with Crippen LogP contribution in [0.5, 0.6) is 0 Å². The van der Waals surface area contributed by atoms with E-state index in [4.69, 9.17) is 0 Å². The van der Waals surface area contributed by atoms with Crippen LogP contribution >= 0.6 is 0 Å². The number of carbonyl (C=O) groups is 3. The normalized spacial score (nSPS) is 12.4. The van der Waals surface area contributed by atoms with Crippen LogP contribution in [0.1, 0.15) is 34.6 Å². The van der Waals surface area contributed by atoms with Gasteiger partial charge >= 0.3 is 0 Å². The molecule has 0 saturated carbocycles. The average molecular weight is 242 g/mol. The highest BCUT2D eigenvalue weighted by atomic mass is 16.2. The van der Waals surface area contributed by atoms with Gasteiger partial charge < -0.3 is 10.6 Å². The van der Waals surface area contributed by atoms with Crippen molar-refractivity contribution < 1.29 is 14.4 Å². The molecule has 98 valence electrons. The van der Waals surface area contributed by atoms with Crippen LogP contribution in [-0.4, -0.2) is 30.2 Å². The molecular formula is C12H22N2O3. The molecule has 2 amide bonds. The van der Waals surface area contributed by atoms with Crippen molar-refractivity contribution in [2.75, 3.05) is 6.54 Å². The second-order valence-electron chi connectivity index (χ2n) is 4.71. The number of nitrogens with one attached hydrogen (secondary N) is 2. The van der Waals surface area contributed by atoms with Gasteiger partial charge in [-0.3, -0.25) is 14.4 Å². The Morgan fingerprint density at radius 3 is 1.88 bits per heavy atom. The first-order chi connectivity index (χ1) is 7.75. The first kappa shape index (κ1) is 15.6. The highest BCUT2D eigenvalue weighted by molar-refractivity contribution is 5.91. The summed E-state index contributed by atoms with van der Waals surface area (Å²) in [6.07, 6.45) is 0. The van der Waals surface area contributed by atoms with Crippen LogP contribution in [0.2, 0.25) is 0 Å². The summed E-state index contributed by atoms with van der Waals surface area (Å²) in [5.41, 5.74) is 0. The summed E-state index contributed by atoms with van der Waals surface area (Å²) >= 11 is 0.